The SMILES string of the molecule is COc1ccc(NC(=O)C(=O)NCCc2ccc(O)cc2)cn1. The number of carbonyl (C=O) groups is 2. The summed E-state index contributed by atoms with van der Waals surface area (Å²) in [6.07, 6.45) is 1.96. The first-order valence-corrected chi connectivity index (χ1v) is 6.95. The third-order valence-electron chi connectivity index (χ3n) is 3.05. The second-order valence-electron chi connectivity index (χ2n) is 4.72. The van der Waals surface area contributed by atoms with Gasteiger partial charge >= 0.3 is 11.8 Å². The minimum atomic E-state index is -0.761. The van der Waals surface area contributed by atoms with Crippen LogP contribution in [0.2, 0.25) is 0 Å². The summed E-state index contributed by atoms with van der Waals surface area (Å²) in [5.74, 6) is -0.881. The summed E-state index contributed by atoms with van der Waals surface area (Å²) in [7, 11) is 1.49. The first-order chi connectivity index (χ1) is 11.1. The lowest BCUT2D eigenvalue weighted by Gasteiger charge is -2.07. The van der Waals surface area contributed by atoms with E-state index >= 15 is 0 Å². The Morgan fingerprint density at radius 3 is 2.48 bits per heavy atom. The molecule has 1 aromatic carbocycles. The average molecular weight is 315 g/mol. The number of nitrogens with one attached hydrogen (secondary N) is 2. The van der Waals surface area contributed by atoms with Crippen molar-refractivity contribution in [2.45, 2.75) is 6.42 Å². The molecule has 0 aliphatic heterocycles. The van der Waals surface area contributed by atoms with Crippen LogP contribution in [0.1, 0.15) is 5.56 Å². The van der Waals surface area contributed by atoms with Gasteiger partial charge in [0.1, 0.15) is 5.75 Å². The minimum absolute atomic E-state index is 0.185. The number of methoxy groups -OCH3 is 1. The number of hydrogen-bond acceptors (Lipinski definition) is 5. The molecule has 2 rings (SSSR count). The molecule has 0 aliphatic rings. The number of hydrogen-bond donors (Lipinski definition) is 3. The second kappa shape index (κ2) is 7.79. The standard InChI is InChI=1S/C16H17N3O4/c1-23-14-7-4-12(10-18-14)19-16(22)15(21)17-9-8-11-2-5-13(20)6-3-11/h2-7,10,20H,8-9H2,1H3,(H,17,21)(H,19,22). The van der Waals surface area contributed by atoms with Gasteiger partial charge in [-0.1, -0.05) is 12.1 Å². The molecule has 0 aliphatic carbocycles. The van der Waals surface area contributed by atoms with Crippen LogP contribution in [0.25, 0.3) is 0 Å². The molecule has 0 spiro atoms. The number of aromatic nitrogens is 1. The van der Waals surface area contributed by atoms with Gasteiger partial charge in [-0.2, -0.15) is 0 Å². The topological polar surface area (TPSA) is 101 Å². The van der Waals surface area contributed by atoms with Crippen LogP contribution in [0, 0.1) is 0 Å². The number of nitrogens with zero attached hydrogens (tertiary/aromatic N) is 1. The van der Waals surface area contributed by atoms with Gasteiger partial charge in [-0.25, -0.2) is 4.98 Å². The Morgan fingerprint density at radius 2 is 1.87 bits per heavy atom. The van der Waals surface area contributed by atoms with Crippen molar-refractivity contribution in [3.63, 3.8) is 0 Å². The van der Waals surface area contributed by atoms with Crippen molar-refractivity contribution in [1.82, 2.24) is 10.3 Å². The van der Waals surface area contributed by atoms with E-state index in [0.717, 1.165) is 5.56 Å². The Kier molecular flexibility index (Phi) is 5.51. The number of ether oxygens (including phenoxy) is 1. The van der Waals surface area contributed by atoms with Crippen molar-refractivity contribution >= 4 is 17.5 Å². The van der Waals surface area contributed by atoms with E-state index in [1.807, 2.05) is 0 Å². The maximum atomic E-state index is 11.7. The lowest BCUT2D eigenvalue weighted by molar-refractivity contribution is -0.136. The lowest BCUT2D eigenvalue weighted by Crippen LogP contribution is -2.36. The Balaban J connectivity index is 1.78. The highest BCUT2D eigenvalue weighted by Gasteiger charge is 2.13. The van der Waals surface area contributed by atoms with Gasteiger partial charge < -0.3 is 20.5 Å². The molecule has 23 heavy (non-hydrogen) atoms. The summed E-state index contributed by atoms with van der Waals surface area (Å²) >= 11 is 0. The van der Waals surface area contributed by atoms with E-state index in [0.29, 0.717) is 24.5 Å². The molecule has 7 heteroatoms. The number of anilines is 1. The summed E-state index contributed by atoms with van der Waals surface area (Å²) in [6, 6.07) is 9.82. The van der Waals surface area contributed by atoms with E-state index in [-0.39, 0.29) is 5.75 Å². The maximum Gasteiger partial charge on any atom is 0.313 e. The zero-order valence-electron chi connectivity index (χ0n) is 12.6. The molecule has 2 amide bonds. The van der Waals surface area contributed by atoms with Gasteiger partial charge in [-0.15, -0.1) is 0 Å². The first-order valence-electron chi connectivity index (χ1n) is 6.95. The van der Waals surface area contributed by atoms with Gasteiger partial charge in [-0.05, 0) is 30.2 Å². The van der Waals surface area contributed by atoms with Crippen LogP contribution in [0.15, 0.2) is 42.6 Å². The van der Waals surface area contributed by atoms with Crippen molar-refractivity contribution in [3.05, 3.63) is 48.2 Å². The molecule has 0 radical (unpaired) electrons. The zero-order valence-corrected chi connectivity index (χ0v) is 12.6. The molecule has 0 saturated heterocycles. The Bertz CT molecular complexity index is 669. The normalized spacial score (nSPS) is 9.96. The highest BCUT2D eigenvalue weighted by molar-refractivity contribution is 6.39. The molecule has 0 atom stereocenters. The summed E-state index contributed by atoms with van der Waals surface area (Å²) in [4.78, 5) is 27.4. The molecule has 0 bridgehead atoms. The van der Waals surface area contributed by atoms with E-state index in [4.69, 9.17) is 4.74 Å². The molecule has 0 saturated carbocycles. The monoisotopic (exact) mass is 315 g/mol. The second-order valence-corrected chi connectivity index (χ2v) is 4.72. The summed E-state index contributed by atoms with van der Waals surface area (Å²) < 4.78 is 4.91. The number of amides is 2. The number of carbonyl (C=O) groups excluding carboxylic acids is 2. The zero-order chi connectivity index (χ0) is 16.7. The van der Waals surface area contributed by atoms with Gasteiger partial charge in [0, 0.05) is 12.6 Å². The van der Waals surface area contributed by atoms with Crippen LogP contribution < -0.4 is 15.4 Å². The van der Waals surface area contributed by atoms with Gasteiger partial charge in [0.25, 0.3) is 0 Å². The number of phenolic OH excluding ortho intramolecular Hbond substituents is 1. The van der Waals surface area contributed by atoms with Gasteiger partial charge in [0.2, 0.25) is 5.88 Å². The van der Waals surface area contributed by atoms with E-state index in [1.165, 1.54) is 13.3 Å². The molecule has 120 valence electrons. The Morgan fingerprint density at radius 1 is 1.13 bits per heavy atom. The molecular weight excluding hydrogens is 298 g/mol. The smallest absolute Gasteiger partial charge is 0.313 e. The first kappa shape index (κ1) is 16.3. The molecule has 0 unspecified atom stereocenters. The summed E-state index contributed by atoms with van der Waals surface area (Å²) in [5.41, 5.74) is 1.35. The largest absolute Gasteiger partial charge is 0.508 e. The van der Waals surface area contributed by atoms with Crippen molar-refractivity contribution in [3.8, 4) is 11.6 Å². The van der Waals surface area contributed by atoms with Crippen LogP contribution in [0.5, 0.6) is 11.6 Å². The van der Waals surface area contributed by atoms with Gasteiger partial charge in [0.15, 0.2) is 0 Å². The van der Waals surface area contributed by atoms with Crippen LogP contribution in [-0.4, -0.2) is 35.6 Å². The highest BCUT2D eigenvalue weighted by Crippen LogP contribution is 2.11. The molecular formula is C16H17N3O4. The minimum Gasteiger partial charge on any atom is -0.508 e. The fourth-order valence-electron chi connectivity index (χ4n) is 1.83. The molecule has 2 aromatic rings. The molecule has 1 heterocycles. The predicted molar refractivity (Wildman–Crippen MR) is 84.2 cm³/mol. The average Bonchev–Trinajstić information content (AvgIpc) is 2.57. The molecule has 7 nitrogen and oxygen atoms in total. The van der Waals surface area contributed by atoms with Crippen molar-refractivity contribution < 1.29 is 19.4 Å². The predicted octanol–water partition coefficient (Wildman–Crippen LogP) is 1.09. The maximum absolute atomic E-state index is 11.7. The quantitative estimate of drug-likeness (QED) is 0.717. The number of benzene rings is 1. The van der Waals surface area contributed by atoms with E-state index in [9.17, 15) is 14.7 Å². The highest BCUT2D eigenvalue weighted by atomic mass is 16.5. The van der Waals surface area contributed by atoms with Crippen LogP contribution in [0.4, 0.5) is 5.69 Å². The van der Waals surface area contributed by atoms with Crippen LogP contribution in [0.3, 0.4) is 0 Å². The fraction of sp³-hybridized carbons (Fsp3) is 0.188. The van der Waals surface area contributed by atoms with Crippen molar-refractivity contribution in [2.24, 2.45) is 0 Å². The van der Waals surface area contributed by atoms with E-state index in [2.05, 4.69) is 15.6 Å². The molecule has 3 N–H and O–H groups in total. The molecule has 1 aromatic heterocycles. The summed E-state index contributed by atoms with van der Waals surface area (Å²) in [5, 5.41) is 14.2. The Hall–Kier alpha value is -3.09. The third kappa shape index (κ3) is 4.99. The van der Waals surface area contributed by atoms with Gasteiger partial charge in [-0.3, -0.25) is 9.59 Å². The van der Waals surface area contributed by atoms with Gasteiger partial charge in [0.05, 0.1) is 19.0 Å². The van der Waals surface area contributed by atoms with E-state index < -0.39 is 11.8 Å². The summed E-state index contributed by atoms with van der Waals surface area (Å²) in [6.45, 7) is 0.317. The van der Waals surface area contributed by atoms with Crippen molar-refractivity contribution in [2.75, 3.05) is 19.0 Å². The molecule has 0 fully saturated rings. The third-order valence-corrected chi connectivity index (χ3v) is 3.05. The number of phenols is 1. The van der Waals surface area contributed by atoms with Crippen LogP contribution >= 0.6 is 0 Å². The lowest BCUT2D eigenvalue weighted by atomic mass is 10.1. The van der Waals surface area contributed by atoms with Crippen molar-refractivity contribution in [1.29, 1.82) is 0 Å². The number of rotatable bonds is 5. The fourth-order valence-corrected chi connectivity index (χ4v) is 1.83. The van der Waals surface area contributed by atoms with Crippen LogP contribution in [-0.2, 0) is 16.0 Å². The Labute approximate surface area is 133 Å². The van der Waals surface area contributed by atoms with E-state index in [1.54, 1.807) is 36.4 Å². The number of aromatic hydroxyl groups is 1. The number of pyridine rings is 1.